The molecule has 9 unspecified atom stereocenters. The van der Waals surface area contributed by atoms with Crippen molar-refractivity contribution in [2.24, 2.45) is 44.3 Å². The van der Waals surface area contributed by atoms with Crippen LogP contribution < -0.4 is 0 Å². The first-order chi connectivity index (χ1) is 18.7. The predicted molar refractivity (Wildman–Crippen MR) is 155 cm³/mol. The average molecular weight is 573 g/mol. The molecule has 0 radical (unpaired) electrons. The number of ether oxygens (including phenoxy) is 2. The average Bonchev–Trinajstić information content (AvgIpc) is 2.80. The molecule has 0 spiro atoms. The third-order valence-corrected chi connectivity index (χ3v) is 13.6. The largest absolute Gasteiger partial charge is 0.481 e. The lowest BCUT2D eigenvalue weighted by atomic mass is 9.32. The summed E-state index contributed by atoms with van der Waals surface area (Å²) >= 11 is 0. The van der Waals surface area contributed by atoms with Gasteiger partial charge >= 0.3 is 17.9 Å². The topological polar surface area (TPSA) is 110 Å². The minimum absolute atomic E-state index is 0.148. The van der Waals surface area contributed by atoms with E-state index < -0.39 is 34.6 Å². The van der Waals surface area contributed by atoms with E-state index in [-0.39, 0.29) is 45.4 Å². The highest BCUT2D eigenvalue weighted by Gasteiger charge is 2.74. The zero-order valence-corrected chi connectivity index (χ0v) is 26.7. The van der Waals surface area contributed by atoms with Crippen molar-refractivity contribution in [3.05, 3.63) is 11.6 Å². The standard InChI is InChI=1S/C34H52O7/c1-20(35)40-22-18-30(7)23(29(5,6)26(22)41-21(2)36)12-13-31(8)24(30)10-11-25-32(31,9)15-17-33(27(37)38)16-14-28(3,4)19-34(25,33)39/h11,22-24,26,39H,10,12-19H2,1-9H3,(H,37,38). The second kappa shape index (κ2) is 9.06. The normalized spacial score (nSPS) is 47.8. The maximum atomic E-state index is 12.9. The second-order valence-corrected chi connectivity index (χ2v) is 16.5. The van der Waals surface area contributed by atoms with Crippen LogP contribution in [0.3, 0.4) is 0 Å². The quantitative estimate of drug-likeness (QED) is 0.295. The predicted octanol–water partition coefficient (Wildman–Crippen LogP) is 6.46. The third kappa shape index (κ3) is 3.95. The van der Waals surface area contributed by atoms with E-state index in [1.54, 1.807) is 0 Å². The molecule has 5 aliphatic rings. The van der Waals surface area contributed by atoms with Gasteiger partial charge in [-0.05, 0) is 96.9 Å². The van der Waals surface area contributed by atoms with Gasteiger partial charge in [-0.2, -0.15) is 0 Å². The zero-order valence-electron chi connectivity index (χ0n) is 26.7. The van der Waals surface area contributed by atoms with Crippen molar-refractivity contribution >= 4 is 17.9 Å². The number of carboxylic acids is 1. The van der Waals surface area contributed by atoms with Crippen LogP contribution in [0.4, 0.5) is 0 Å². The van der Waals surface area contributed by atoms with Crippen molar-refractivity contribution in [1.29, 1.82) is 0 Å². The van der Waals surface area contributed by atoms with E-state index in [0.717, 1.165) is 37.7 Å². The summed E-state index contributed by atoms with van der Waals surface area (Å²) in [7, 11) is 0. The van der Waals surface area contributed by atoms with Gasteiger partial charge in [0, 0.05) is 19.3 Å². The summed E-state index contributed by atoms with van der Waals surface area (Å²) in [6.07, 6.45) is 7.34. The summed E-state index contributed by atoms with van der Waals surface area (Å²) in [5, 5.41) is 23.3. The third-order valence-electron chi connectivity index (χ3n) is 13.6. The monoisotopic (exact) mass is 572 g/mol. The molecule has 9 atom stereocenters. The molecule has 41 heavy (non-hydrogen) atoms. The van der Waals surface area contributed by atoms with E-state index in [1.165, 1.54) is 13.8 Å². The van der Waals surface area contributed by atoms with Crippen LogP contribution in [0, 0.1) is 44.3 Å². The lowest BCUT2D eigenvalue weighted by Gasteiger charge is -2.72. The van der Waals surface area contributed by atoms with Gasteiger partial charge in [0.2, 0.25) is 0 Å². The first-order valence-corrected chi connectivity index (χ1v) is 15.7. The maximum absolute atomic E-state index is 12.9. The molecule has 0 aliphatic heterocycles. The highest BCUT2D eigenvalue weighted by atomic mass is 16.6. The molecular weight excluding hydrogens is 520 g/mol. The van der Waals surface area contributed by atoms with Gasteiger partial charge in [0.1, 0.15) is 23.2 Å². The number of allylic oxidation sites excluding steroid dienone is 1. The molecule has 5 rings (SSSR count). The zero-order chi connectivity index (χ0) is 30.6. The molecule has 230 valence electrons. The molecule has 0 amide bonds. The lowest BCUT2D eigenvalue weighted by molar-refractivity contribution is -0.250. The number of esters is 2. The molecule has 0 heterocycles. The van der Waals surface area contributed by atoms with Gasteiger partial charge in [-0.3, -0.25) is 14.4 Å². The van der Waals surface area contributed by atoms with Gasteiger partial charge in [-0.15, -0.1) is 0 Å². The SMILES string of the molecule is CC(=O)OC1CC2(C)C(CCC3(C)C2CC=C2C3(C)CCC3(C(=O)O)CCC(C)(C)CC23O)C(C)(C)C1OC(C)=O. The van der Waals surface area contributed by atoms with Crippen LogP contribution in [0.5, 0.6) is 0 Å². The molecule has 7 heteroatoms. The molecule has 5 aliphatic carbocycles. The van der Waals surface area contributed by atoms with Gasteiger partial charge in [0.15, 0.2) is 0 Å². The van der Waals surface area contributed by atoms with Crippen molar-refractivity contribution in [2.45, 2.75) is 138 Å². The summed E-state index contributed by atoms with van der Waals surface area (Å²) in [5.41, 5.74) is -2.90. The highest BCUT2D eigenvalue weighted by molar-refractivity contribution is 5.78. The Kier molecular flexibility index (Phi) is 6.75. The van der Waals surface area contributed by atoms with Crippen LogP contribution in [0.1, 0.15) is 120 Å². The Labute approximate surface area is 245 Å². The van der Waals surface area contributed by atoms with Crippen LogP contribution in [0.2, 0.25) is 0 Å². The maximum Gasteiger partial charge on any atom is 0.312 e. The Bertz CT molecular complexity index is 1190. The first kappa shape index (κ1) is 30.6. The van der Waals surface area contributed by atoms with Crippen molar-refractivity contribution in [1.82, 2.24) is 0 Å². The van der Waals surface area contributed by atoms with E-state index in [2.05, 4.69) is 54.5 Å². The summed E-state index contributed by atoms with van der Waals surface area (Å²) in [5.74, 6) is -1.14. The molecular formula is C34H52O7. The van der Waals surface area contributed by atoms with Gasteiger partial charge in [-0.1, -0.05) is 54.5 Å². The Balaban J connectivity index is 1.62. The molecule has 0 aromatic rings. The molecule has 2 N–H and O–H groups in total. The van der Waals surface area contributed by atoms with Gasteiger partial charge in [0.25, 0.3) is 0 Å². The number of hydrogen-bond acceptors (Lipinski definition) is 6. The van der Waals surface area contributed by atoms with Crippen molar-refractivity contribution in [2.75, 3.05) is 0 Å². The fraction of sp³-hybridized carbons (Fsp3) is 0.853. The van der Waals surface area contributed by atoms with Crippen LogP contribution in [0.25, 0.3) is 0 Å². The highest BCUT2D eigenvalue weighted by Crippen LogP contribution is 2.76. The number of carbonyl (C=O) groups is 3. The number of rotatable bonds is 3. The number of carboxylic acid groups (broad SMARTS) is 1. The molecule has 0 aromatic carbocycles. The first-order valence-electron chi connectivity index (χ1n) is 15.7. The van der Waals surface area contributed by atoms with Crippen molar-refractivity contribution in [3.63, 3.8) is 0 Å². The van der Waals surface area contributed by atoms with Crippen LogP contribution in [-0.2, 0) is 23.9 Å². The summed E-state index contributed by atoms with van der Waals surface area (Å²) in [6, 6.07) is 0. The van der Waals surface area contributed by atoms with Crippen LogP contribution in [-0.4, -0.2) is 45.9 Å². The fourth-order valence-electron chi connectivity index (χ4n) is 11.6. The van der Waals surface area contributed by atoms with E-state index >= 15 is 0 Å². The summed E-state index contributed by atoms with van der Waals surface area (Å²) in [4.78, 5) is 37.4. The van der Waals surface area contributed by atoms with Gasteiger partial charge in [-0.25, -0.2) is 0 Å². The summed E-state index contributed by atoms with van der Waals surface area (Å²) < 4.78 is 11.8. The minimum atomic E-state index is -1.38. The smallest absolute Gasteiger partial charge is 0.312 e. The molecule has 0 aromatic heterocycles. The number of aliphatic hydroxyl groups is 1. The number of carbonyl (C=O) groups excluding carboxylic acids is 2. The molecule has 4 saturated carbocycles. The van der Waals surface area contributed by atoms with E-state index in [0.29, 0.717) is 25.7 Å². The van der Waals surface area contributed by atoms with Crippen LogP contribution in [0.15, 0.2) is 11.6 Å². The van der Waals surface area contributed by atoms with Crippen LogP contribution >= 0.6 is 0 Å². The molecule has 0 bridgehead atoms. The Hall–Kier alpha value is -1.89. The minimum Gasteiger partial charge on any atom is -0.481 e. The van der Waals surface area contributed by atoms with E-state index in [4.69, 9.17) is 9.47 Å². The van der Waals surface area contributed by atoms with Crippen molar-refractivity contribution < 1.29 is 34.1 Å². The second-order valence-electron chi connectivity index (χ2n) is 16.5. The molecule has 4 fully saturated rings. The van der Waals surface area contributed by atoms with E-state index in [1.807, 2.05) is 0 Å². The Morgan fingerprint density at radius 2 is 1.46 bits per heavy atom. The van der Waals surface area contributed by atoms with Gasteiger partial charge < -0.3 is 19.7 Å². The lowest BCUT2D eigenvalue weighted by Crippen LogP contribution is -2.71. The molecule has 0 saturated heterocycles. The van der Waals surface area contributed by atoms with Gasteiger partial charge in [0.05, 0.1) is 0 Å². The Morgan fingerprint density at radius 1 is 0.854 bits per heavy atom. The Morgan fingerprint density at radius 3 is 2.05 bits per heavy atom. The number of hydrogen-bond donors (Lipinski definition) is 2. The summed E-state index contributed by atoms with van der Waals surface area (Å²) in [6.45, 7) is 18.5. The number of aliphatic carboxylic acids is 1. The molecule has 7 nitrogen and oxygen atoms in total. The fourth-order valence-corrected chi connectivity index (χ4v) is 11.6. The number of fused-ring (bicyclic) bond motifs is 7. The van der Waals surface area contributed by atoms with E-state index in [9.17, 15) is 24.6 Å². The van der Waals surface area contributed by atoms with Crippen molar-refractivity contribution in [3.8, 4) is 0 Å².